The normalized spacial score (nSPS) is 11.9. The maximum atomic E-state index is 6.69. The van der Waals surface area contributed by atoms with E-state index in [0.717, 1.165) is 61.0 Å². The molecule has 0 spiro atoms. The lowest BCUT2D eigenvalue weighted by atomic mass is 9.95. The Morgan fingerprint density at radius 2 is 0.737 bits per heavy atom. The Morgan fingerprint density at radius 3 is 1.43 bits per heavy atom. The van der Waals surface area contributed by atoms with Gasteiger partial charge in [-0.3, -0.25) is 0 Å². The third kappa shape index (κ3) is 6.88. The molecular weight excluding hydrogens is 937 g/mol. The summed E-state index contributed by atoms with van der Waals surface area (Å²) in [6.45, 7) is 0. The first kappa shape index (κ1) is 43.8. The molecule has 0 saturated carbocycles. The molecule has 15 aromatic rings. The Bertz CT molecular complexity index is 4580. The summed E-state index contributed by atoms with van der Waals surface area (Å²) in [5.74, 6) is 0. The summed E-state index contributed by atoms with van der Waals surface area (Å²) in [6, 6.07) is 107. The molecule has 0 atom stereocenters. The van der Waals surface area contributed by atoms with Gasteiger partial charge in [0.2, 0.25) is 0 Å². The van der Waals surface area contributed by atoms with Crippen molar-refractivity contribution in [1.82, 2.24) is 9.13 Å². The van der Waals surface area contributed by atoms with Gasteiger partial charge in [-0.1, -0.05) is 212 Å². The quantitative estimate of drug-likeness (QED) is 0.104. The fourth-order valence-corrected chi connectivity index (χ4v) is 17.2. The van der Waals surface area contributed by atoms with E-state index in [9.17, 15) is 0 Å². The molecule has 3 aromatic heterocycles. The molecule has 12 aromatic carbocycles. The lowest BCUT2D eigenvalue weighted by Gasteiger charge is -2.34. The Morgan fingerprint density at radius 1 is 0.250 bits per heavy atom. The molecule has 3 heterocycles. The highest BCUT2D eigenvalue weighted by Crippen LogP contribution is 2.42. The molecule has 0 N–H and O–H groups in total. The molecule has 3 nitrogen and oxygen atoms in total. The van der Waals surface area contributed by atoms with E-state index in [2.05, 4.69) is 300 Å². The van der Waals surface area contributed by atoms with E-state index >= 15 is 0 Å². The fraction of sp³-hybridized carbons (Fsp3) is 0. The van der Waals surface area contributed by atoms with Gasteiger partial charge < -0.3 is 13.6 Å². The predicted molar refractivity (Wildman–Crippen MR) is 322 cm³/mol. The molecule has 0 aliphatic rings. The van der Waals surface area contributed by atoms with Crippen LogP contribution in [0.5, 0.6) is 0 Å². The van der Waals surface area contributed by atoms with Crippen LogP contribution in [0.2, 0.25) is 0 Å². The Balaban J connectivity index is 0.983. The first-order chi connectivity index (χ1) is 37.7. The van der Waals surface area contributed by atoms with E-state index in [-0.39, 0.29) is 0 Å². The van der Waals surface area contributed by atoms with Gasteiger partial charge in [0.1, 0.15) is 11.2 Å². The number of aromatic nitrogens is 2. The number of benzene rings is 12. The van der Waals surface area contributed by atoms with Crippen molar-refractivity contribution in [3.8, 4) is 44.8 Å². The van der Waals surface area contributed by atoms with Gasteiger partial charge in [-0.2, -0.15) is 0 Å². The molecule has 0 aliphatic carbocycles. The lowest BCUT2D eigenvalue weighted by molar-refractivity contribution is 0.669. The third-order valence-corrected chi connectivity index (χ3v) is 20.6. The Labute approximate surface area is 441 Å². The third-order valence-electron chi connectivity index (χ3n) is 15.9. The summed E-state index contributed by atoms with van der Waals surface area (Å²) >= 11 is 0. The smallest absolute Gasteiger partial charge is 0.179 e. The molecule has 356 valence electrons. The van der Waals surface area contributed by atoms with E-state index in [1.54, 1.807) is 0 Å². The van der Waals surface area contributed by atoms with Crippen molar-refractivity contribution in [2.75, 3.05) is 0 Å². The molecule has 4 heteroatoms. The SMILES string of the molecule is c1ccc(-c2cccc(-c3ccc4oc5cccc(-c6ccc7c(c6)c6cc([Si](c8ccccc8)(c8ccccc8)c8ccccc8)ccc6n7-c6ccc7c(c6)c6ccccc6n7-c6ccccc6)c5c4c3)c2)cc1. The molecule has 0 fully saturated rings. The maximum absolute atomic E-state index is 6.69. The lowest BCUT2D eigenvalue weighted by Crippen LogP contribution is -2.74. The fourth-order valence-electron chi connectivity index (χ4n) is 12.5. The highest BCUT2D eigenvalue weighted by atomic mass is 28.3. The van der Waals surface area contributed by atoms with Gasteiger partial charge in [0.05, 0.1) is 22.1 Å². The number of hydrogen-bond acceptors (Lipinski definition) is 1. The number of furan rings is 1. The second-order valence-electron chi connectivity index (χ2n) is 20.0. The van der Waals surface area contributed by atoms with Crippen molar-refractivity contribution in [1.29, 1.82) is 0 Å². The van der Waals surface area contributed by atoms with Crippen molar-refractivity contribution in [3.05, 3.63) is 291 Å². The number of para-hydroxylation sites is 2. The second-order valence-corrected chi connectivity index (χ2v) is 23.8. The molecule has 0 amide bonds. The summed E-state index contributed by atoms with van der Waals surface area (Å²) in [6.07, 6.45) is 0. The van der Waals surface area contributed by atoms with Crippen molar-refractivity contribution < 1.29 is 4.42 Å². The molecule has 0 aliphatic heterocycles. The van der Waals surface area contributed by atoms with Crippen molar-refractivity contribution in [2.24, 2.45) is 0 Å². The van der Waals surface area contributed by atoms with Gasteiger partial charge in [-0.25, -0.2) is 0 Å². The van der Waals surface area contributed by atoms with Crippen LogP contribution >= 0.6 is 0 Å². The summed E-state index contributed by atoms with van der Waals surface area (Å²) < 4.78 is 11.6. The molecule has 0 saturated heterocycles. The summed E-state index contributed by atoms with van der Waals surface area (Å²) in [7, 11) is -2.89. The predicted octanol–water partition coefficient (Wildman–Crippen LogP) is 16.2. The maximum Gasteiger partial charge on any atom is 0.179 e. The number of hydrogen-bond donors (Lipinski definition) is 0. The zero-order valence-electron chi connectivity index (χ0n) is 41.5. The average molecular weight is 985 g/mol. The minimum absolute atomic E-state index is 0.875. The van der Waals surface area contributed by atoms with Crippen LogP contribution in [0, 0.1) is 0 Å². The zero-order valence-corrected chi connectivity index (χ0v) is 42.5. The van der Waals surface area contributed by atoms with Crippen LogP contribution in [0.4, 0.5) is 0 Å². The minimum Gasteiger partial charge on any atom is -0.456 e. The highest BCUT2D eigenvalue weighted by molar-refractivity contribution is 7.20. The summed E-state index contributed by atoms with van der Waals surface area (Å²) in [4.78, 5) is 0. The first-order valence-corrected chi connectivity index (χ1v) is 28.1. The minimum atomic E-state index is -2.89. The number of rotatable bonds is 9. The first-order valence-electron chi connectivity index (χ1n) is 26.1. The molecule has 15 rings (SSSR count). The Kier molecular flexibility index (Phi) is 10.2. The molecule has 0 bridgehead atoms. The number of fused-ring (bicyclic) bond motifs is 9. The summed E-state index contributed by atoms with van der Waals surface area (Å²) in [5, 5.41) is 12.5. The van der Waals surface area contributed by atoms with Crippen molar-refractivity contribution in [2.45, 2.75) is 0 Å². The number of nitrogens with zero attached hydrogens (tertiary/aromatic N) is 2. The van der Waals surface area contributed by atoms with E-state index in [1.807, 2.05) is 0 Å². The van der Waals surface area contributed by atoms with Gasteiger partial charge in [0.25, 0.3) is 0 Å². The van der Waals surface area contributed by atoms with Crippen LogP contribution in [-0.4, -0.2) is 17.2 Å². The molecule has 0 radical (unpaired) electrons. The van der Waals surface area contributed by atoms with E-state index in [1.165, 1.54) is 70.0 Å². The molecule has 0 unspecified atom stereocenters. The highest BCUT2D eigenvalue weighted by Gasteiger charge is 2.41. The molecule has 76 heavy (non-hydrogen) atoms. The monoisotopic (exact) mass is 984 g/mol. The zero-order chi connectivity index (χ0) is 50.2. The van der Waals surface area contributed by atoms with Crippen LogP contribution in [0.1, 0.15) is 0 Å². The van der Waals surface area contributed by atoms with E-state index in [0.29, 0.717) is 0 Å². The van der Waals surface area contributed by atoms with Crippen molar-refractivity contribution >= 4 is 94.4 Å². The largest absolute Gasteiger partial charge is 0.456 e. The van der Waals surface area contributed by atoms with Crippen LogP contribution in [-0.2, 0) is 0 Å². The van der Waals surface area contributed by atoms with Gasteiger partial charge >= 0.3 is 0 Å². The van der Waals surface area contributed by atoms with Gasteiger partial charge in [0.15, 0.2) is 8.07 Å². The van der Waals surface area contributed by atoms with Gasteiger partial charge in [-0.05, 0) is 133 Å². The topological polar surface area (TPSA) is 23.0 Å². The van der Waals surface area contributed by atoms with Crippen LogP contribution in [0.15, 0.2) is 296 Å². The molecular formula is C72H48N2OSi. The summed E-state index contributed by atoms with van der Waals surface area (Å²) in [5.41, 5.74) is 15.7. The van der Waals surface area contributed by atoms with Crippen molar-refractivity contribution in [3.63, 3.8) is 0 Å². The van der Waals surface area contributed by atoms with Gasteiger partial charge in [-0.15, -0.1) is 0 Å². The average Bonchev–Trinajstić information content (AvgIpc) is 4.25. The van der Waals surface area contributed by atoms with Gasteiger partial charge in [0, 0.05) is 43.7 Å². The Hall–Kier alpha value is -9.74. The second kappa shape index (κ2) is 17.7. The van der Waals surface area contributed by atoms with E-state index in [4.69, 9.17) is 4.42 Å². The van der Waals surface area contributed by atoms with Crippen LogP contribution in [0.25, 0.3) is 110 Å². The van der Waals surface area contributed by atoms with Crippen LogP contribution < -0.4 is 20.7 Å². The van der Waals surface area contributed by atoms with Crippen LogP contribution in [0.3, 0.4) is 0 Å². The standard InChI is InChI=1S/C72H48N2OSi/c1-6-20-49(21-7-1)50-22-18-23-51(44-50)52-37-43-70-65(45-52)72-60(33-19-35-71(72)75-70)53-36-40-67-62(46-53)64-48-59(76(56-26-10-3-11-27-56,57-28-12-4-13-29-57)58-30-14-5-15-31-58)39-42-69(64)74(67)55-38-41-68-63(47-55)61-32-16-17-34-66(61)73(68)54-24-8-2-9-25-54/h1-48H. The van der Waals surface area contributed by atoms with E-state index < -0.39 is 8.07 Å².